The molecular weight excluding hydrogens is 282 g/mol. The zero-order valence-electron chi connectivity index (χ0n) is 12.5. The van der Waals surface area contributed by atoms with Crippen LogP contribution in [0.4, 0.5) is 10.8 Å². The molecule has 0 saturated carbocycles. The molecule has 1 aliphatic rings. The summed E-state index contributed by atoms with van der Waals surface area (Å²) in [5.74, 6) is 0.622. The van der Waals surface area contributed by atoms with Gasteiger partial charge in [0.1, 0.15) is 10.8 Å². The van der Waals surface area contributed by atoms with E-state index in [4.69, 9.17) is 5.73 Å². The van der Waals surface area contributed by atoms with E-state index < -0.39 is 0 Å². The van der Waals surface area contributed by atoms with Gasteiger partial charge in [0.05, 0.1) is 5.56 Å². The summed E-state index contributed by atoms with van der Waals surface area (Å²) in [6.45, 7) is 2.14. The number of hydrogen-bond donors (Lipinski definition) is 1. The van der Waals surface area contributed by atoms with E-state index in [0.717, 1.165) is 24.2 Å². The standard InChI is InChI=1S/C15H21N5S/c1-19(2)10-12-4-3-9-20(12)15-13(14(16)18-21-15)11-5-7-17-8-6-11/h5-8,12H,3-4,9-10H2,1-2H3,(H2,16,18). The summed E-state index contributed by atoms with van der Waals surface area (Å²) in [4.78, 5) is 8.81. The summed E-state index contributed by atoms with van der Waals surface area (Å²) in [7, 11) is 4.25. The topological polar surface area (TPSA) is 58.3 Å². The highest BCUT2D eigenvalue weighted by Crippen LogP contribution is 2.41. The molecule has 1 aliphatic heterocycles. The minimum atomic E-state index is 0.542. The highest BCUT2D eigenvalue weighted by molar-refractivity contribution is 7.11. The summed E-state index contributed by atoms with van der Waals surface area (Å²) in [5, 5.41) is 1.20. The van der Waals surface area contributed by atoms with Crippen molar-refractivity contribution in [1.29, 1.82) is 0 Å². The second-order valence-corrected chi connectivity index (χ2v) is 6.49. The normalized spacial score (nSPS) is 18.6. The summed E-state index contributed by atoms with van der Waals surface area (Å²) in [5.41, 5.74) is 8.29. The molecule has 1 atom stereocenters. The molecule has 2 aromatic heterocycles. The monoisotopic (exact) mass is 303 g/mol. The van der Waals surface area contributed by atoms with Gasteiger partial charge in [-0.2, -0.15) is 4.37 Å². The van der Waals surface area contributed by atoms with Gasteiger partial charge in [-0.1, -0.05) is 0 Å². The number of nitrogen functional groups attached to an aromatic ring is 1. The van der Waals surface area contributed by atoms with Crippen molar-refractivity contribution in [2.24, 2.45) is 0 Å². The highest BCUT2D eigenvalue weighted by atomic mass is 32.1. The van der Waals surface area contributed by atoms with Crippen LogP contribution in [0.25, 0.3) is 11.1 Å². The Morgan fingerprint density at radius 2 is 2.14 bits per heavy atom. The SMILES string of the molecule is CN(C)CC1CCCN1c1snc(N)c1-c1ccncc1. The van der Waals surface area contributed by atoms with Gasteiger partial charge in [-0.15, -0.1) is 0 Å². The van der Waals surface area contributed by atoms with Gasteiger partial charge in [0.25, 0.3) is 0 Å². The molecule has 5 nitrogen and oxygen atoms in total. The number of hydrogen-bond acceptors (Lipinski definition) is 6. The van der Waals surface area contributed by atoms with E-state index in [1.54, 1.807) is 12.4 Å². The Hall–Kier alpha value is -1.66. The Morgan fingerprint density at radius 3 is 2.86 bits per heavy atom. The summed E-state index contributed by atoms with van der Waals surface area (Å²) < 4.78 is 4.39. The van der Waals surface area contributed by atoms with Gasteiger partial charge in [0.2, 0.25) is 0 Å². The van der Waals surface area contributed by atoms with Crippen LogP contribution in [0.15, 0.2) is 24.5 Å². The number of nitrogens with zero attached hydrogens (tertiary/aromatic N) is 4. The number of aromatic nitrogens is 2. The molecule has 21 heavy (non-hydrogen) atoms. The average Bonchev–Trinajstić information content (AvgIpc) is 3.05. The van der Waals surface area contributed by atoms with Crippen molar-refractivity contribution in [3.05, 3.63) is 24.5 Å². The predicted molar refractivity (Wildman–Crippen MR) is 88.7 cm³/mol. The number of nitrogens with two attached hydrogens (primary N) is 1. The molecule has 0 aromatic carbocycles. The van der Waals surface area contributed by atoms with Crippen LogP contribution in [0.2, 0.25) is 0 Å². The molecule has 0 spiro atoms. The molecule has 1 saturated heterocycles. The van der Waals surface area contributed by atoms with Crippen LogP contribution in [-0.4, -0.2) is 47.5 Å². The van der Waals surface area contributed by atoms with Gasteiger partial charge in [-0.3, -0.25) is 4.98 Å². The average molecular weight is 303 g/mol. The number of anilines is 2. The fraction of sp³-hybridized carbons (Fsp3) is 0.467. The lowest BCUT2D eigenvalue weighted by molar-refractivity contribution is 0.372. The van der Waals surface area contributed by atoms with Crippen molar-refractivity contribution in [3.8, 4) is 11.1 Å². The van der Waals surface area contributed by atoms with Gasteiger partial charge in [0.15, 0.2) is 0 Å². The van der Waals surface area contributed by atoms with Gasteiger partial charge in [-0.05, 0) is 56.2 Å². The summed E-state index contributed by atoms with van der Waals surface area (Å²) in [6.07, 6.45) is 6.06. The second-order valence-electron chi connectivity index (χ2n) is 5.74. The zero-order chi connectivity index (χ0) is 14.8. The molecule has 1 unspecified atom stereocenters. The van der Waals surface area contributed by atoms with Crippen molar-refractivity contribution in [2.45, 2.75) is 18.9 Å². The number of likely N-dealkylation sites (N-methyl/N-ethyl adjacent to an activating group) is 1. The van der Waals surface area contributed by atoms with Crippen LogP contribution in [0.1, 0.15) is 12.8 Å². The fourth-order valence-corrected chi connectivity index (χ4v) is 3.93. The Kier molecular flexibility index (Phi) is 4.07. The summed E-state index contributed by atoms with van der Waals surface area (Å²) >= 11 is 1.51. The fourth-order valence-electron chi connectivity index (χ4n) is 2.99. The predicted octanol–water partition coefficient (Wildman–Crippen LogP) is 2.32. The van der Waals surface area contributed by atoms with Gasteiger partial charge in [-0.25, -0.2) is 0 Å². The molecule has 0 radical (unpaired) electrons. The first-order valence-corrected chi connectivity index (χ1v) is 8.01. The van der Waals surface area contributed by atoms with Crippen molar-refractivity contribution in [2.75, 3.05) is 37.8 Å². The second kappa shape index (κ2) is 5.99. The molecule has 2 aromatic rings. The minimum absolute atomic E-state index is 0.542. The van der Waals surface area contributed by atoms with Crippen LogP contribution in [0.3, 0.4) is 0 Å². The zero-order valence-corrected chi connectivity index (χ0v) is 13.3. The maximum absolute atomic E-state index is 6.13. The van der Waals surface area contributed by atoms with Crippen molar-refractivity contribution in [1.82, 2.24) is 14.3 Å². The van der Waals surface area contributed by atoms with Crippen molar-refractivity contribution in [3.63, 3.8) is 0 Å². The van der Waals surface area contributed by atoms with E-state index in [0.29, 0.717) is 11.9 Å². The lowest BCUT2D eigenvalue weighted by Gasteiger charge is -2.28. The van der Waals surface area contributed by atoms with Crippen LogP contribution < -0.4 is 10.6 Å². The van der Waals surface area contributed by atoms with Gasteiger partial charge < -0.3 is 15.5 Å². The van der Waals surface area contributed by atoms with Crippen LogP contribution in [0, 0.1) is 0 Å². The molecular formula is C15H21N5S. The minimum Gasteiger partial charge on any atom is -0.382 e. The van der Waals surface area contributed by atoms with Crippen molar-refractivity contribution >= 4 is 22.4 Å². The third-order valence-electron chi connectivity index (χ3n) is 3.88. The Balaban J connectivity index is 1.96. The number of rotatable bonds is 4. The molecule has 0 aliphatic carbocycles. The highest BCUT2D eigenvalue weighted by Gasteiger charge is 2.29. The first-order valence-electron chi connectivity index (χ1n) is 7.23. The molecule has 0 amide bonds. The van der Waals surface area contributed by atoms with Crippen LogP contribution in [-0.2, 0) is 0 Å². The van der Waals surface area contributed by atoms with Crippen LogP contribution in [0.5, 0.6) is 0 Å². The molecule has 2 N–H and O–H groups in total. The molecule has 6 heteroatoms. The smallest absolute Gasteiger partial charge is 0.147 e. The van der Waals surface area contributed by atoms with E-state index in [1.807, 2.05) is 12.1 Å². The Labute approximate surface area is 129 Å². The van der Waals surface area contributed by atoms with Crippen LogP contribution >= 0.6 is 11.5 Å². The molecule has 3 rings (SSSR count). The first-order chi connectivity index (χ1) is 10.2. The first kappa shape index (κ1) is 14.3. The molecule has 112 valence electrons. The number of pyridine rings is 1. The Bertz CT molecular complexity index is 595. The summed E-state index contributed by atoms with van der Waals surface area (Å²) in [6, 6.07) is 4.54. The maximum atomic E-state index is 6.13. The Morgan fingerprint density at radius 1 is 1.38 bits per heavy atom. The van der Waals surface area contributed by atoms with E-state index in [-0.39, 0.29) is 0 Å². The van der Waals surface area contributed by atoms with E-state index in [9.17, 15) is 0 Å². The third-order valence-corrected chi connectivity index (χ3v) is 4.78. The quantitative estimate of drug-likeness (QED) is 0.939. The van der Waals surface area contributed by atoms with E-state index in [2.05, 4.69) is 33.3 Å². The lowest BCUT2D eigenvalue weighted by Crippen LogP contribution is -2.37. The maximum Gasteiger partial charge on any atom is 0.147 e. The molecule has 1 fully saturated rings. The van der Waals surface area contributed by atoms with Crippen molar-refractivity contribution < 1.29 is 0 Å². The molecule has 0 bridgehead atoms. The largest absolute Gasteiger partial charge is 0.382 e. The third kappa shape index (κ3) is 2.87. The van der Waals surface area contributed by atoms with Gasteiger partial charge >= 0.3 is 0 Å². The van der Waals surface area contributed by atoms with E-state index >= 15 is 0 Å². The lowest BCUT2D eigenvalue weighted by atomic mass is 10.1. The van der Waals surface area contributed by atoms with E-state index in [1.165, 1.54) is 29.4 Å². The molecule has 3 heterocycles. The van der Waals surface area contributed by atoms with Gasteiger partial charge in [0, 0.05) is 31.5 Å².